The molecule has 2 amide bonds. The number of carbonyl (C=O) groups excluding carboxylic acids is 2. The average Bonchev–Trinajstić information content (AvgIpc) is 2.62. The Hall–Kier alpha value is -3.02. The fraction of sp³-hybridized carbons (Fsp3) is 0.300. The van der Waals surface area contributed by atoms with Crippen LogP contribution in [0.2, 0.25) is 0 Å². The summed E-state index contributed by atoms with van der Waals surface area (Å²) in [5.41, 5.74) is 1.77. The van der Waals surface area contributed by atoms with Gasteiger partial charge in [0.25, 0.3) is 5.91 Å². The molecule has 2 aromatic carbocycles. The molecule has 0 spiro atoms. The molecule has 26 heavy (non-hydrogen) atoms. The highest BCUT2D eigenvalue weighted by atomic mass is 16.5. The lowest BCUT2D eigenvalue weighted by Crippen LogP contribution is -2.26. The quantitative estimate of drug-likeness (QED) is 0.500. The Labute approximate surface area is 153 Å². The first-order chi connectivity index (χ1) is 12.5. The number of benzene rings is 2. The number of aromatic hydroxyl groups is 1. The molecule has 0 aliphatic heterocycles. The number of amides is 2. The molecule has 0 aliphatic rings. The Morgan fingerprint density at radius 3 is 2.65 bits per heavy atom. The van der Waals surface area contributed by atoms with E-state index >= 15 is 0 Å². The van der Waals surface area contributed by atoms with E-state index in [0.29, 0.717) is 36.6 Å². The van der Waals surface area contributed by atoms with Gasteiger partial charge in [0.2, 0.25) is 5.91 Å². The molecule has 0 heterocycles. The summed E-state index contributed by atoms with van der Waals surface area (Å²) in [4.78, 5) is 24.2. The van der Waals surface area contributed by atoms with Crippen molar-refractivity contribution in [1.29, 1.82) is 0 Å². The van der Waals surface area contributed by atoms with E-state index in [2.05, 4.69) is 10.6 Å². The molecular weight excluding hydrogens is 332 g/mol. The topological polar surface area (TPSA) is 87.7 Å². The number of anilines is 1. The predicted molar refractivity (Wildman–Crippen MR) is 101 cm³/mol. The molecule has 0 unspecified atom stereocenters. The Bertz CT molecular complexity index is 774. The van der Waals surface area contributed by atoms with Gasteiger partial charge in [0, 0.05) is 13.0 Å². The zero-order chi connectivity index (χ0) is 18.9. The van der Waals surface area contributed by atoms with Gasteiger partial charge in [-0.1, -0.05) is 18.2 Å². The Morgan fingerprint density at radius 1 is 1.15 bits per heavy atom. The van der Waals surface area contributed by atoms with Crippen molar-refractivity contribution in [2.75, 3.05) is 18.5 Å². The number of phenolic OH excluding ortho intramolecular Hbond substituents is 1. The maximum absolute atomic E-state index is 12.2. The molecule has 0 fully saturated rings. The minimum Gasteiger partial charge on any atom is -0.506 e. The number of hydrogen-bond acceptors (Lipinski definition) is 4. The summed E-state index contributed by atoms with van der Waals surface area (Å²) in [6.45, 7) is 4.57. The fourth-order valence-corrected chi connectivity index (χ4v) is 2.44. The predicted octanol–water partition coefficient (Wildman–Crippen LogP) is 3.25. The van der Waals surface area contributed by atoms with Crippen LogP contribution in [0.25, 0.3) is 0 Å². The fourth-order valence-electron chi connectivity index (χ4n) is 2.44. The lowest BCUT2D eigenvalue weighted by molar-refractivity contribution is -0.116. The van der Waals surface area contributed by atoms with E-state index in [1.165, 1.54) is 0 Å². The third-order valence-corrected chi connectivity index (χ3v) is 3.73. The van der Waals surface area contributed by atoms with Gasteiger partial charge >= 0.3 is 0 Å². The summed E-state index contributed by atoms with van der Waals surface area (Å²) < 4.78 is 5.44. The van der Waals surface area contributed by atoms with Crippen molar-refractivity contribution in [3.05, 3.63) is 53.6 Å². The minimum atomic E-state index is -0.231. The third-order valence-electron chi connectivity index (χ3n) is 3.73. The monoisotopic (exact) mass is 356 g/mol. The molecule has 138 valence electrons. The van der Waals surface area contributed by atoms with Crippen LogP contribution in [0.5, 0.6) is 11.5 Å². The molecule has 0 atom stereocenters. The highest BCUT2D eigenvalue weighted by Gasteiger charge is 2.12. The van der Waals surface area contributed by atoms with Gasteiger partial charge in [-0.15, -0.1) is 0 Å². The maximum atomic E-state index is 12.2. The molecule has 6 heteroatoms. The van der Waals surface area contributed by atoms with Crippen molar-refractivity contribution in [2.24, 2.45) is 0 Å². The van der Waals surface area contributed by atoms with E-state index in [9.17, 15) is 14.7 Å². The van der Waals surface area contributed by atoms with Gasteiger partial charge in [-0.25, -0.2) is 0 Å². The van der Waals surface area contributed by atoms with Crippen molar-refractivity contribution in [2.45, 2.75) is 26.7 Å². The van der Waals surface area contributed by atoms with Crippen LogP contribution in [0.15, 0.2) is 42.5 Å². The van der Waals surface area contributed by atoms with Gasteiger partial charge in [-0.05, 0) is 50.1 Å². The number of hydrogen-bond donors (Lipinski definition) is 3. The van der Waals surface area contributed by atoms with Crippen LogP contribution in [0.1, 0.15) is 35.7 Å². The molecule has 3 N–H and O–H groups in total. The first-order valence-electron chi connectivity index (χ1n) is 8.60. The molecule has 0 radical (unpaired) electrons. The summed E-state index contributed by atoms with van der Waals surface area (Å²) >= 11 is 0. The second-order valence-electron chi connectivity index (χ2n) is 5.86. The lowest BCUT2D eigenvalue weighted by atomic mass is 10.2. The van der Waals surface area contributed by atoms with E-state index in [1.807, 2.05) is 26.0 Å². The van der Waals surface area contributed by atoms with Crippen LogP contribution in [-0.4, -0.2) is 30.1 Å². The van der Waals surface area contributed by atoms with Crippen LogP contribution >= 0.6 is 0 Å². The number of para-hydroxylation sites is 1. The zero-order valence-corrected chi connectivity index (χ0v) is 15.0. The van der Waals surface area contributed by atoms with Crippen molar-refractivity contribution < 1.29 is 19.4 Å². The Morgan fingerprint density at radius 2 is 1.92 bits per heavy atom. The summed E-state index contributed by atoms with van der Waals surface area (Å²) in [6, 6.07) is 12.1. The van der Waals surface area contributed by atoms with Gasteiger partial charge in [-0.2, -0.15) is 0 Å². The third kappa shape index (κ3) is 5.51. The number of aryl methyl sites for hydroxylation is 1. The largest absolute Gasteiger partial charge is 0.506 e. The second-order valence-corrected chi connectivity index (χ2v) is 5.86. The molecule has 0 aliphatic carbocycles. The number of phenols is 1. The van der Waals surface area contributed by atoms with Gasteiger partial charge in [0.1, 0.15) is 11.5 Å². The van der Waals surface area contributed by atoms with E-state index in [1.54, 1.807) is 30.3 Å². The Kier molecular flexibility index (Phi) is 7.02. The lowest BCUT2D eigenvalue weighted by Gasteiger charge is -2.11. The first kappa shape index (κ1) is 19.3. The van der Waals surface area contributed by atoms with Crippen LogP contribution in [0.4, 0.5) is 5.69 Å². The van der Waals surface area contributed by atoms with E-state index in [0.717, 1.165) is 5.56 Å². The van der Waals surface area contributed by atoms with E-state index in [4.69, 9.17) is 4.74 Å². The van der Waals surface area contributed by atoms with Crippen molar-refractivity contribution in [3.8, 4) is 11.5 Å². The highest BCUT2D eigenvalue weighted by Crippen LogP contribution is 2.24. The Balaban J connectivity index is 1.78. The number of nitrogens with one attached hydrogen (secondary N) is 2. The average molecular weight is 356 g/mol. The standard InChI is InChI=1S/C20H24N2O4/c1-3-26-18-8-5-4-7-15(18)20(25)21-12-6-9-19(24)22-16-11-10-14(2)13-17(16)23/h4-5,7-8,10-11,13,23H,3,6,9,12H2,1-2H3,(H,21,25)(H,22,24). The zero-order valence-electron chi connectivity index (χ0n) is 15.0. The molecule has 0 aromatic heterocycles. The smallest absolute Gasteiger partial charge is 0.255 e. The van der Waals surface area contributed by atoms with Gasteiger partial charge < -0.3 is 20.5 Å². The molecule has 6 nitrogen and oxygen atoms in total. The van der Waals surface area contributed by atoms with Crippen LogP contribution in [0, 0.1) is 6.92 Å². The summed E-state index contributed by atoms with van der Waals surface area (Å²) in [6.07, 6.45) is 0.724. The van der Waals surface area contributed by atoms with E-state index < -0.39 is 0 Å². The number of ether oxygens (including phenoxy) is 1. The number of carbonyl (C=O) groups is 2. The normalized spacial score (nSPS) is 10.2. The second kappa shape index (κ2) is 9.46. The van der Waals surface area contributed by atoms with Crippen molar-refractivity contribution in [3.63, 3.8) is 0 Å². The summed E-state index contributed by atoms with van der Waals surface area (Å²) in [7, 11) is 0. The summed E-state index contributed by atoms with van der Waals surface area (Å²) in [5.74, 6) is 0.137. The van der Waals surface area contributed by atoms with Gasteiger partial charge in [-0.3, -0.25) is 9.59 Å². The van der Waals surface area contributed by atoms with Crippen molar-refractivity contribution >= 4 is 17.5 Å². The van der Waals surface area contributed by atoms with E-state index in [-0.39, 0.29) is 24.0 Å². The minimum absolute atomic E-state index is 0.0409. The number of rotatable bonds is 8. The molecule has 0 saturated heterocycles. The van der Waals surface area contributed by atoms with Crippen molar-refractivity contribution in [1.82, 2.24) is 5.32 Å². The highest BCUT2D eigenvalue weighted by molar-refractivity contribution is 5.97. The van der Waals surface area contributed by atoms with Gasteiger partial charge in [0.05, 0.1) is 17.9 Å². The first-order valence-corrected chi connectivity index (χ1v) is 8.60. The molecular formula is C20H24N2O4. The molecule has 0 bridgehead atoms. The van der Waals surface area contributed by atoms with Crippen LogP contribution in [0.3, 0.4) is 0 Å². The molecule has 0 saturated carbocycles. The van der Waals surface area contributed by atoms with Gasteiger partial charge in [0.15, 0.2) is 0 Å². The SMILES string of the molecule is CCOc1ccccc1C(=O)NCCCC(=O)Nc1ccc(C)cc1O. The summed E-state index contributed by atoms with van der Waals surface area (Å²) in [5, 5.41) is 15.2. The van der Waals surface area contributed by atoms with Crippen LogP contribution in [-0.2, 0) is 4.79 Å². The maximum Gasteiger partial charge on any atom is 0.255 e. The van der Waals surface area contributed by atoms with Crippen LogP contribution < -0.4 is 15.4 Å². The molecule has 2 rings (SSSR count). The molecule has 2 aromatic rings.